The summed E-state index contributed by atoms with van der Waals surface area (Å²) in [7, 11) is 0. The Morgan fingerprint density at radius 2 is 2.04 bits per heavy atom. The number of hydrogen-bond donors (Lipinski definition) is 0. The molecule has 1 unspecified atom stereocenters. The van der Waals surface area contributed by atoms with E-state index in [9.17, 15) is 9.59 Å². The Kier molecular flexibility index (Phi) is 4.14. The van der Waals surface area contributed by atoms with Crippen LogP contribution in [-0.4, -0.2) is 40.2 Å². The van der Waals surface area contributed by atoms with Gasteiger partial charge in [0, 0.05) is 31.6 Å². The van der Waals surface area contributed by atoms with Gasteiger partial charge in [-0.1, -0.05) is 12.8 Å². The summed E-state index contributed by atoms with van der Waals surface area (Å²) in [6, 6.07) is 2.90. The normalized spacial score (nSPS) is 25.3. The minimum absolute atomic E-state index is 0.123. The van der Waals surface area contributed by atoms with Crippen molar-refractivity contribution in [3.05, 3.63) is 22.4 Å². The van der Waals surface area contributed by atoms with Crippen molar-refractivity contribution in [3.8, 4) is 0 Å². The fourth-order valence-corrected chi connectivity index (χ4v) is 4.71. The van der Waals surface area contributed by atoms with Gasteiger partial charge in [0.25, 0.3) is 0 Å². The highest BCUT2D eigenvalue weighted by atomic mass is 32.1. The van der Waals surface area contributed by atoms with Gasteiger partial charge in [0.15, 0.2) is 0 Å². The van der Waals surface area contributed by atoms with Gasteiger partial charge < -0.3 is 9.80 Å². The lowest BCUT2D eigenvalue weighted by Crippen LogP contribution is -2.42. The summed E-state index contributed by atoms with van der Waals surface area (Å²) >= 11 is 1.68. The van der Waals surface area contributed by atoms with Gasteiger partial charge in [-0.25, -0.2) is 0 Å². The first-order chi connectivity index (χ1) is 11.2. The molecule has 5 heteroatoms. The smallest absolute Gasteiger partial charge is 0.228 e. The van der Waals surface area contributed by atoms with Gasteiger partial charge in [-0.2, -0.15) is 11.3 Å². The summed E-state index contributed by atoms with van der Waals surface area (Å²) in [6.45, 7) is 1.36. The molecule has 2 heterocycles. The number of likely N-dealkylation sites (tertiary alicyclic amines) is 1. The molecule has 3 aliphatic rings. The SMILES string of the molecule is O=C1CC(C(=O)N(Cc2ccsc2)C2CCCC2)CN1C1CC1. The predicted molar refractivity (Wildman–Crippen MR) is 90.0 cm³/mol. The number of nitrogens with zero attached hydrogens (tertiary/aromatic N) is 2. The predicted octanol–water partition coefficient (Wildman–Crippen LogP) is 3.03. The molecule has 23 heavy (non-hydrogen) atoms. The van der Waals surface area contributed by atoms with Crippen LogP contribution < -0.4 is 0 Å². The third-order valence-corrected chi connectivity index (χ3v) is 6.21. The van der Waals surface area contributed by atoms with Crippen LogP contribution in [0, 0.1) is 5.92 Å². The van der Waals surface area contributed by atoms with Crippen LogP contribution in [0.2, 0.25) is 0 Å². The van der Waals surface area contributed by atoms with E-state index in [1.165, 1.54) is 18.4 Å². The summed E-state index contributed by atoms with van der Waals surface area (Å²) in [4.78, 5) is 29.4. The highest BCUT2D eigenvalue weighted by molar-refractivity contribution is 7.07. The molecule has 0 radical (unpaired) electrons. The molecule has 2 saturated carbocycles. The lowest BCUT2D eigenvalue weighted by molar-refractivity contribution is -0.138. The number of hydrogen-bond acceptors (Lipinski definition) is 3. The molecule has 1 atom stereocenters. The molecular weight excluding hydrogens is 308 g/mol. The maximum Gasteiger partial charge on any atom is 0.228 e. The number of carbonyl (C=O) groups excluding carboxylic acids is 2. The highest BCUT2D eigenvalue weighted by Gasteiger charge is 2.43. The van der Waals surface area contributed by atoms with E-state index in [0.29, 0.717) is 31.6 Å². The quantitative estimate of drug-likeness (QED) is 0.831. The third-order valence-electron chi connectivity index (χ3n) is 5.48. The second-order valence-electron chi connectivity index (χ2n) is 7.21. The Morgan fingerprint density at radius 3 is 2.70 bits per heavy atom. The van der Waals surface area contributed by atoms with Crippen LogP contribution in [0.25, 0.3) is 0 Å². The van der Waals surface area contributed by atoms with Crippen LogP contribution in [0.5, 0.6) is 0 Å². The highest BCUT2D eigenvalue weighted by Crippen LogP contribution is 2.34. The molecule has 0 aromatic carbocycles. The van der Waals surface area contributed by atoms with Gasteiger partial charge in [-0.15, -0.1) is 0 Å². The number of thiophene rings is 1. The van der Waals surface area contributed by atoms with Gasteiger partial charge in [0.05, 0.1) is 5.92 Å². The first-order valence-corrected chi connectivity index (χ1v) is 9.77. The zero-order chi connectivity index (χ0) is 15.8. The lowest BCUT2D eigenvalue weighted by Gasteiger charge is -2.31. The van der Waals surface area contributed by atoms with Crippen LogP contribution in [0.4, 0.5) is 0 Å². The molecular formula is C18H24N2O2S. The Bertz CT molecular complexity index is 576. The first-order valence-electron chi connectivity index (χ1n) is 8.83. The van der Waals surface area contributed by atoms with Gasteiger partial charge in [0.2, 0.25) is 11.8 Å². The Labute approximate surface area is 141 Å². The van der Waals surface area contributed by atoms with Crippen molar-refractivity contribution in [3.63, 3.8) is 0 Å². The summed E-state index contributed by atoms with van der Waals surface area (Å²) in [6.07, 6.45) is 7.32. The minimum atomic E-state index is -0.123. The average Bonchev–Trinajstić information content (AvgIpc) is 3.00. The van der Waals surface area contributed by atoms with Crippen LogP contribution >= 0.6 is 11.3 Å². The van der Waals surface area contributed by atoms with E-state index in [0.717, 1.165) is 25.7 Å². The van der Waals surface area contributed by atoms with E-state index in [2.05, 4.69) is 21.7 Å². The lowest BCUT2D eigenvalue weighted by atomic mass is 10.0. The summed E-state index contributed by atoms with van der Waals surface area (Å²) in [5.74, 6) is 0.273. The molecule has 2 aliphatic carbocycles. The maximum atomic E-state index is 13.1. The molecule has 0 N–H and O–H groups in total. The molecule has 4 nitrogen and oxygen atoms in total. The first kappa shape index (κ1) is 15.2. The van der Waals surface area contributed by atoms with Crippen LogP contribution in [0.1, 0.15) is 50.5 Å². The van der Waals surface area contributed by atoms with Gasteiger partial charge >= 0.3 is 0 Å². The second-order valence-corrected chi connectivity index (χ2v) is 7.99. The monoisotopic (exact) mass is 332 g/mol. The summed E-state index contributed by atoms with van der Waals surface area (Å²) < 4.78 is 0. The molecule has 2 amide bonds. The second kappa shape index (κ2) is 6.27. The summed E-state index contributed by atoms with van der Waals surface area (Å²) in [5.41, 5.74) is 1.22. The Balaban J connectivity index is 1.48. The third kappa shape index (κ3) is 3.16. The van der Waals surface area contributed by atoms with E-state index in [4.69, 9.17) is 0 Å². The fraction of sp³-hybridized carbons (Fsp3) is 0.667. The van der Waals surface area contributed by atoms with E-state index < -0.39 is 0 Å². The zero-order valence-electron chi connectivity index (χ0n) is 13.4. The minimum Gasteiger partial charge on any atom is -0.339 e. The fourth-order valence-electron chi connectivity index (χ4n) is 4.05. The van der Waals surface area contributed by atoms with Crippen LogP contribution in [0.15, 0.2) is 16.8 Å². The average molecular weight is 332 g/mol. The van der Waals surface area contributed by atoms with Crippen molar-refractivity contribution in [1.82, 2.24) is 9.80 Å². The van der Waals surface area contributed by atoms with E-state index in [-0.39, 0.29) is 17.7 Å². The number of carbonyl (C=O) groups is 2. The number of amides is 2. The molecule has 3 fully saturated rings. The Hall–Kier alpha value is -1.36. The summed E-state index contributed by atoms with van der Waals surface area (Å²) in [5, 5.41) is 4.20. The zero-order valence-corrected chi connectivity index (χ0v) is 14.3. The largest absolute Gasteiger partial charge is 0.339 e. The molecule has 4 rings (SSSR count). The van der Waals surface area contributed by atoms with Gasteiger partial charge in [0.1, 0.15) is 0 Å². The molecule has 124 valence electrons. The van der Waals surface area contributed by atoms with Gasteiger partial charge in [-0.3, -0.25) is 9.59 Å². The van der Waals surface area contributed by atoms with Crippen LogP contribution in [0.3, 0.4) is 0 Å². The molecule has 1 saturated heterocycles. The van der Waals surface area contributed by atoms with E-state index in [1.54, 1.807) is 11.3 Å². The Morgan fingerprint density at radius 1 is 1.26 bits per heavy atom. The van der Waals surface area contributed by atoms with Crippen molar-refractivity contribution >= 4 is 23.2 Å². The van der Waals surface area contributed by atoms with Crippen molar-refractivity contribution in [1.29, 1.82) is 0 Å². The van der Waals surface area contributed by atoms with Crippen LogP contribution in [-0.2, 0) is 16.1 Å². The number of rotatable bonds is 5. The standard InChI is InChI=1S/C18H24N2O2S/c21-17-9-14(11-19(17)16-5-6-16)18(22)20(15-3-1-2-4-15)10-13-7-8-23-12-13/h7-8,12,14-16H,1-6,9-11H2. The van der Waals surface area contributed by atoms with Crippen molar-refractivity contribution in [2.24, 2.45) is 5.92 Å². The van der Waals surface area contributed by atoms with Gasteiger partial charge in [-0.05, 0) is 48.1 Å². The van der Waals surface area contributed by atoms with Crippen molar-refractivity contribution < 1.29 is 9.59 Å². The molecule has 1 aliphatic heterocycles. The topological polar surface area (TPSA) is 40.6 Å². The van der Waals surface area contributed by atoms with E-state index >= 15 is 0 Å². The van der Waals surface area contributed by atoms with Crippen molar-refractivity contribution in [2.45, 2.75) is 63.6 Å². The maximum absolute atomic E-state index is 13.1. The molecule has 0 bridgehead atoms. The molecule has 1 aromatic rings. The molecule has 1 aromatic heterocycles. The van der Waals surface area contributed by atoms with Crippen molar-refractivity contribution in [2.75, 3.05) is 6.54 Å². The molecule has 0 spiro atoms. The van der Waals surface area contributed by atoms with E-state index in [1.807, 2.05) is 4.90 Å².